The molecule has 0 aliphatic rings. The fourth-order valence-electron chi connectivity index (χ4n) is 8.49. The first-order valence-electron chi connectivity index (χ1n) is 40.1. The minimum atomic E-state index is -0.505. The lowest BCUT2D eigenvalue weighted by atomic mass is 9.88. The molecule has 0 unspecified atom stereocenters. The summed E-state index contributed by atoms with van der Waals surface area (Å²) < 4.78 is 151. The number of carbonyl (C=O) groups excluding carboxylic acids is 8. The molecule has 0 aromatic heterocycles. The van der Waals surface area contributed by atoms with Crippen molar-refractivity contribution in [3.63, 3.8) is 0 Å². The van der Waals surface area contributed by atoms with Crippen molar-refractivity contribution in [2.75, 3.05) is 330 Å². The Morgan fingerprint density at radius 3 is 0.333 bits per heavy atom. The van der Waals surface area contributed by atoms with Crippen LogP contribution >= 0.6 is 0 Å². The second-order valence-electron chi connectivity index (χ2n) is 26.6. The molecule has 0 spiro atoms. The fraction of sp³-hybridized carbons (Fsp3) is 0.897. The topological polar surface area (TPSA) is 395 Å². The van der Waals surface area contributed by atoms with E-state index in [4.69, 9.17) is 133 Å². The highest BCUT2D eigenvalue weighted by Gasteiger charge is 2.22. The number of esters is 6. The Bertz CT molecular complexity index is 2070. The molecule has 0 aliphatic heterocycles. The molecular formula is C78H142O36. The van der Waals surface area contributed by atoms with E-state index in [0.29, 0.717) is 303 Å². The van der Waals surface area contributed by atoms with Gasteiger partial charge in [0.15, 0.2) is 0 Å². The van der Waals surface area contributed by atoms with Gasteiger partial charge in [-0.3, -0.25) is 38.4 Å². The van der Waals surface area contributed by atoms with Gasteiger partial charge in [0.1, 0.15) is 51.2 Å². The van der Waals surface area contributed by atoms with Crippen LogP contribution in [0, 0.1) is 10.8 Å². The minimum absolute atomic E-state index is 0.0268. The van der Waals surface area contributed by atoms with Crippen molar-refractivity contribution in [3.8, 4) is 0 Å². The summed E-state index contributed by atoms with van der Waals surface area (Å²) in [6, 6.07) is 0. The van der Waals surface area contributed by atoms with E-state index >= 15 is 0 Å². The molecule has 0 saturated carbocycles. The number of rotatable bonds is 91. The lowest BCUT2D eigenvalue weighted by molar-refractivity contribution is -0.153. The predicted molar refractivity (Wildman–Crippen MR) is 408 cm³/mol. The Labute approximate surface area is 675 Å². The van der Waals surface area contributed by atoms with Crippen LogP contribution in [-0.4, -0.2) is 378 Å². The first-order chi connectivity index (χ1) is 55.4. The Balaban J connectivity index is 3.21. The molecule has 0 radical (unpaired) electrons. The van der Waals surface area contributed by atoms with Crippen molar-refractivity contribution < 1.29 is 171 Å². The molecule has 114 heavy (non-hydrogen) atoms. The van der Waals surface area contributed by atoms with E-state index < -0.39 is 46.6 Å². The van der Waals surface area contributed by atoms with Crippen molar-refractivity contribution in [1.82, 2.24) is 0 Å². The number of ketones is 2. The Morgan fingerprint density at radius 2 is 0.228 bits per heavy atom. The van der Waals surface area contributed by atoms with Crippen LogP contribution in [0.15, 0.2) is 0 Å². The number of carbonyl (C=O) groups is 8. The van der Waals surface area contributed by atoms with Crippen LogP contribution in [0.5, 0.6) is 0 Å². The zero-order valence-corrected chi connectivity index (χ0v) is 69.5. The summed E-state index contributed by atoms with van der Waals surface area (Å²) in [7, 11) is 0. The van der Waals surface area contributed by atoms with Crippen LogP contribution in [0.4, 0.5) is 0 Å². The third-order valence-corrected chi connectivity index (χ3v) is 14.8. The van der Waals surface area contributed by atoms with Crippen LogP contribution < -0.4 is 0 Å². The van der Waals surface area contributed by atoms with Crippen molar-refractivity contribution >= 4 is 47.4 Å². The first-order valence-corrected chi connectivity index (χ1v) is 40.1. The van der Waals surface area contributed by atoms with Gasteiger partial charge >= 0.3 is 35.8 Å². The molecule has 670 valence electrons. The van der Waals surface area contributed by atoms with E-state index in [9.17, 15) is 38.4 Å². The molecule has 0 amide bonds. The van der Waals surface area contributed by atoms with E-state index in [0.717, 1.165) is 0 Å². The smallest absolute Gasteiger partial charge is 0.305 e. The molecule has 0 fully saturated rings. The average molecular weight is 1660 g/mol. The normalized spacial score (nSPS) is 11.7. The zero-order chi connectivity index (χ0) is 83.3. The first kappa shape index (κ1) is 109. The Hall–Kier alpha value is -4.72. The molecule has 0 aromatic carbocycles. The molecule has 36 nitrogen and oxygen atoms in total. The summed E-state index contributed by atoms with van der Waals surface area (Å²) in [4.78, 5) is 95.0. The van der Waals surface area contributed by atoms with E-state index in [1.54, 1.807) is 0 Å². The van der Waals surface area contributed by atoms with Crippen molar-refractivity contribution in [1.29, 1.82) is 0 Å². The molecule has 36 heteroatoms. The monoisotopic (exact) mass is 1650 g/mol. The molecule has 0 N–H and O–H groups in total. The van der Waals surface area contributed by atoms with Crippen LogP contribution in [0.2, 0.25) is 0 Å². The maximum atomic E-state index is 11.9. The van der Waals surface area contributed by atoms with Crippen LogP contribution in [0.25, 0.3) is 0 Å². The third-order valence-electron chi connectivity index (χ3n) is 14.8. The average Bonchev–Trinajstić information content (AvgIpc) is 0.923. The van der Waals surface area contributed by atoms with Gasteiger partial charge in [0, 0.05) is 62.2 Å². The predicted octanol–water partition coefficient (Wildman–Crippen LogP) is 4.52. The number of ether oxygens (including phenoxy) is 28. The van der Waals surface area contributed by atoms with Crippen molar-refractivity contribution in [2.45, 2.75) is 119 Å². The van der Waals surface area contributed by atoms with Crippen LogP contribution in [-0.2, 0) is 171 Å². The third kappa shape index (κ3) is 86.6. The second kappa shape index (κ2) is 84.7. The van der Waals surface area contributed by atoms with E-state index in [1.807, 2.05) is 41.5 Å². The Morgan fingerprint density at radius 1 is 0.140 bits per heavy atom. The number of hydrogen-bond donors (Lipinski definition) is 0. The SMILES string of the molecule is CC(C)(C)C(=O)CCCC(=O)OCCOC(=O)CCCC(=O)OCCOCCOCCOCCOCCOCCOCCOCCOCCOCCOCCOCCOCCOCCOCCOCCOCCOCCOCCOCCOCCOCCOCCOC(=O)CCCC(=O)OCCOC(=O)CCCC(=O)C(C)(C)C. The van der Waals surface area contributed by atoms with E-state index in [1.165, 1.54) is 0 Å². The highest BCUT2D eigenvalue weighted by atomic mass is 16.6. The molecule has 0 aromatic rings. The van der Waals surface area contributed by atoms with Crippen molar-refractivity contribution in [2.24, 2.45) is 10.8 Å². The van der Waals surface area contributed by atoms with Gasteiger partial charge in [-0.1, -0.05) is 41.5 Å². The minimum Gasteiger partial charge on any atom is -0.463 e. The molecule has 0 aliphatic carbocycles. The quantitative estimate of drug-likeness (QED) is 0.0459. The maximum Gasteiger partial charge on any atom is 0.305 e. The summed E-state index contributed by atoms with van der Waals surface area (Å²) in [6.45, 7) is 29.6. The molecule has 0 rings (SSSR count). The van der Waals surface area contributed by atoms with Gasteiger partial charge in [0.2, 0.25) is 0 Å². The van der Waals surface area contributed by atoms with E-state index in [-0.39, 0.29) is 116 Å². The summed E-state index contributed by atoms with van der Waals surface area (Å²) in [6.07, 6.45) is 2.35. The standard InChI is InChI=1S/C78H142O36/c1-77(2,3)69(79)11-7-13-71(81)111-65-67-113-75(85)17-9-15-73(83)109-63-61-107-59-57-105-55-53-103-51-49-101-47-45-99-43-41-97-39-37-95-35-33-93-31-29-91-27-25-89-23-21-87-19-20-88-22-24-90-26-28-92-30-32-94-34-36-96-38-40-98-42-44-100-46-48-102-50-52-104-54-56-106-58-60-108-62-64-110-74(84)16-10-18-76(86)114-68-66-112-72(82)14-8-12-70(80)78(4,5)6/h7-68H2,1-6H3. The highest BCUT2D eigenvalue weighted by molar-refractivity contribution is 5.84. The van der Waals surface area contributed by atoms with Crippen LogP contribution in [0.1, 0.15) is 119 Å². The summed E-state index contributed by atoms with van der Waals surface area (Å²) in [5.41, 5.74) is -0.881. The zero-order valence-electron chi connectivity index (χ0n) is 69.5. The molecule has 0 heterocycles. The Kier molecular flexibility index (Phi) is 81.2. The van der Waals surface area contributed by atoms with Gasteiger partial charge in [-0.15, -0.1) is 0 Å². The largest absolute Gasteiger partial charge is 0.463 e. The van der Waals surface area contributed by atoms with Gasteiger partial charge in [-0.2, -0.15) is 0 Å². The summed E-state index contributed by atoms with van der Waals surface area (Å²) >= 11 is 0. The molecule has 0 atom stereocenters. The molecule has 0 saturated heterocycles. The lowest BCUT2D eigenvalue weighted by Gasteiger charge is -2.15. The second-order valence-corrected chi connectivity index (χ2v) is 26.6. The summed E-state index contributed by atoms with van der Waals surface area (Å²) in [5.74, 6) is -2.65. The molecule has 0 bridgehead atoms. The molecular weight excluding hydrogens is 1510 g/mol. The highest BCUT2D eigenvalue weighted by Crippen LogP contribution is 2.19. The number of Topliss-reactive ketones (excluding diaryl/α,β-unsaturated/α-hetero) is 2. The van der Waals surface area contributed by atoms with Gasteiger partial charge < -0.3 is 133 Å². The van der Waals surface area contributed by atoms with Crippen molar-refractivity contribution in [3.05, 3.63) is 0 Å². The fourth-order valence-corrected chi connectivity index (χ4v) is 8.49. The van der Waals surface area contributed by atoms with E-state index in [2.05, 4.69) is 0 Å². The van der Waals surface area contributed by atoms with Crippen LogP contribution in [0.3, 0.4) is 0 Å². The van der Waals surface area contributed by atoms with Gasteiger partial charge in [0.05, 0.1) is 291 Å². The summed E-state index contributed by atoms with van der Waals surface area (Å²) in [5, 5.41) is 0. The van der Waals surface area contributed by atoms with Gasteiger partial charge in [0.25, 0.3) is 0 Å². The van der Waals surface area contributed by atoms with Gasteiger partial charge in [-0.25, -0.2) is 0 Å². The lowest BCUT2D eigenvalue weighted by Crippen LogP contribution is -2.20. The maximum absolute atomic E-state index is 11.9. The number of hydrogen-bond acceptors (Lipinski definition) is 36. The van der Waals surface area contributed by atoms with Gasteiger partial charge in [-0.05, 0) is 25.7 Å².